The van der Waals surface area contributed by atoms with E-state index in [9.17, 15) is 4.79 Å². The zero-order valence-electron chi connectivity index (χ0n) is 10.0. The molecule has 0 spiro atoms. The minimum Gasteiger partial charge on any atom is -0.360 e. The molecule has 1 fully saturated rings. The molecule has 18 heavy (non-hydrogen) atoms. The average Bonchev–Trinajstić information content (AvgIpc) is 2.81. The second kappa shape index (κ2) is 4.75. The van der Waals surface area contributed by atoms with Crippen molar-refractivity contribution < 1.29 is 4.79 Å². The molecule has 2 aromatic rings. The molecule has 1 aromatic heterocycles. The monoisotopic (exact) mass is 262 g/mol. The van der Waals surface area contributed by atoms with Crippen molar-refractivity contribution in [3.8, 4) is 0 Å². The molecule has 0 bridgehead atoms. The highest BCUT2D eigenvalue weighted by Gasteiger charge is 2.23. The number of Topliss-reactive ketones (excluding diaryl/α,β-unsaturated/α-hetero) is 1. The highest BCUT2D eigenvalue weighted by molar-refractivity contribution is 6.31. The largest absolute Gasteiger partial charge is 0.360 e. The number of ketones is 1. The van der Waals surface area contributed by atoms with Crippen molar-refractivity contribution in [3.63, 3.8) is 0 Å². The molecule has 1 unspecified atom stereocenters. The van der Waals surface area contributed by atoms with Gasteiger partial charge in [0.05, 0.1) is 6.04 Å². The van der Waals surface area contributed by atoms with Crippen LogP contribution in [-0.4, -0.2) is 23.4 Å². The van der Waals surface area contributed by atoms with Crippen molar-refractivity contribution in [1.82, 2.24) is 10.3 Å². The minimum absolute atomic E-state index is 0.0339. The van der Waals surface area contributed by atoms with E-state index in [2.05, 4.69) is 10.3 Å². The number of piperidine rings is 1. The van der Waals surface area contributed by atoms with Crippen molar-refractivity contribution in [2.45, 2.75) is 25.3 Å². The van der Waals surface area contributed by atoms with Gasteiger partial charge in [0.15, 0.2) is 5.78 Å². The standard InChI is InChI=1S/C14H15ClN2O/c15-9-4-5-10-11(8-17-13(10)7-9)14(18)12-3-1-2-6-16-12/h4-5,7-8,12,16-17H,1-3,6H2. The Bertz CT molecular complexity index is 584. The summed E-state index contributed by atoms with van der Waals surface area (Å²) in [4.78, 5) is 15.6. The second-order valence-electron chi connectivity index (χ2n) is 4.76. The zero-order valence-corrected chi connectivity index (χ0v) is 10.8. The molecule has 0 amide bonds. The normalized spacial score (nSPS) is 20.2. The second-order valence-corrected chi connectivity index (χ2v) is 5.20. The van der Waals surface area contributed by atoms with Crippen LogP contribution in [0.3, 0.4) is 0 Å². The van der Waals surface area contributed by atoms with Crippen LogP contribution in [0.15, 0.2) is 24.4 Å². The first-order chi connectivity index (χ1) is 8.75. The maximum atomic E-state index is 12.4. The van der Waals surface area contributed by atoms with E-state index in [-0.39, 0.29) is 11.8 Å². The summed E-state index contributed by atoms with van der Waals surface area (Å²) in [5.74, 6) is 0.184. The maximum absolute atomic E-state index is 12.4. The molecule has 1 atom stereocenters. The topological polar surface area (TPSA) is 44.9 Å². The molecular weight excluding hydrogens is 248 g/mol. The summed E-state index contributed by atoms with van der Waals surface area (Å²) in [5.41, 5.74) is 1.68. The Morgan fingerprint density at radius 2 is 2.22 bits per heavy atom. The Morgan fingerprint density at radius 3 is 3.00 bits per heavy atom. The zero-order chi connectivity index (χ0) is 12.5. The van der Waals surface area contributed by atoms with Crippen LogP contribution in [0, 0.1) is 0 Å². The number of carbonyl (C=O) groups excluding carboxylic acids is 1. The average molecular weight is 263 g/mol. The fourth-order valence-corrected chi connectivity index (χ4v) is 2.74. The van der Waals surface area contributed by atoms with Crippen LogP contribution in [0.25, 0.3) is 10.9 Å². The van der Waals surface area contributed by atoms with Crippen LogP contribution in [0.4, 0.5) is 0 Å². The first-order valence-corrected chi connectivity index (χ1v) is 6.68. The van der Waals surface area contributed by atoms with Gasteiger partial charge in [0.1, 0.15) is 0 Å². The maximum Gasteiger partial charge on any atom is 0.181 e. The van der Waals surface area contributed by atoms with Crippen molar-refractivity contribution in [1.29, 1.82) is 0 Å². The molecule has 1 aliphatic heterocycles. The quantitative estimate of drug-likeness (QED) is 0.817. The van der Waals surface area contributed by atoms with Crippen LogP contribution in [0.2, 0.25) is 5.02 Å². The lowest BCUT2D eigenvalue weighted by Crippen LogP contribution is -2.40. The van der Waals surface area contributed by atoms with Gasteiger partial charge in [0.2, 0.25) is 0 Å². The number of aromatic nitrogens is 1. The number of carbonyl (C=O) groups is 1. The molecule has 2 heterocycles. The van der Waals surface area contributed by atoms with Crippen LogP contribution >= 0.6 is 11.6 Å². The summed E-state index contributed by atoms with van der Waals surface area (Å²) in [6.45, 7) is 0.935. The Labute approximate surface area is 111 Å². The predicted octanol–water partition coefficient (Wildman–Crippen LogP) is 3.15. The van der Waals surface area contributed by atoms with Crippen molar-refractivity contribution in [3.05, 3.63) is 35.0 Å². The Kier molecular flexibility index (Phi) is 3.10. The van der Waals surface area contributed by atoms with E-state index in [1.807, 2.05) is 18.2 Å². The fourth-order valence-electron chi connectivity index (χ4n) is 2.57. The molecule has 1 aromatic carbocycles. The third-order valence-corrected chi connectivity index (χ3v) is 3.77. The number of H-pyrrole nitrogens is 1. The highest BCUT2D eigenvalue weighted by Crippen LogP contribution is 2.24. The number of rotatable bonds is 2. The minimum atomic E-state index is -0.0339. The van der Waals surface area contributed by atoms with E-state index < -0.39 is 0 Å². The smallest absolute Gasteiger partial charge is 0.181 e. The van der Waals surface area contributed by atoms with E-state index in [4.69, 9.17) is 11.6 Å². The predicted molar refractivity (Wildman–Crippen MR) is 73.3 cm³/mol. The molecular formula is C14H15ClN2O. The highest BCUT2D eigenvalue weighted by atomic mass is 35.5. The first-order valence-electron chi connectivity index (χ1n) is 6.30. The molecule has 0 radical (unpaired) electrons. The molecule has 3 nitrogen and oxygen atoms in total. The lowest BCUT2D eigenvalue weighted by atomic mass is 9.96. The number of nitrogens with one attached hydrogen (secondary N) is 2. The van der Waals surface area contributed by atoms with E-state index in [0.717, 1.165) is 42.3 Å². The Morgan fingerprint density at radius 1 is 1.33 bits per heavy atom. The molecule has 94 valence electrons. The molecule has 0 saturated carbocycles. The van der Waals surface area contributed by atoms with Gasteiger partial charge in [-0.3, -0.25) is 4.79 Å². The van der Waals surface area contributed by atoms with E-state index in [0.29, 0.717) is 5.02 Å². The van der Waals surface area contributed by atoms with Gasteiger partial charge in [0.25, 0.3) is 0 Å². The third kappa shape index (κ3) is 2.04. The van der Waals surface area contributed by atoms with Gasteiger partial charge in [-0.25, -0.2) is 0 Å². The van der Waals surface area contributed by atoms with Crippen LogP contribution in [0.5, 0.6) is 0 Å². The molecule has 1 saturated heterocycles. The van der Waals surface area contributed by atoms with Gasteiger partial charge >= 0.3 is 0 Å². The van der Waals surface area contributed by atoms with Crippen molar-refractivity contribution in [2.24, 2.45) is 0 Å². The third-order valence-electron chi connectivity index (χ3n) is 3.54. The van der Waals surface area contributed by atoms with Crippen molar-refractivity contribution in [2.75, 3.05) is 6.54 Å². The molecule has 3 rings (SSSR count). The fraction of sp³-hybridized carbons (Fsp3) is 0.357. The van der Waals surface area contributed by atoms with Gasteiger partial charge in [0, 0.05) is 27.7 Å². The number of fused-ring (bicyclic) bond motifs is 1. The van der Waals surface area contributed by atoms with E-state index >= 15 is 0 Å². The van der Waals surface area contributed by atoms with E-state index in [1.54, 1.807) is 6.20 Å². The lowest BCUT2D eigenvalue weighted by Gasteiger charge is -2.21. The van der Waals surface area contributed by atoms with Crippen LogP contribution in [-0.2, 0) is 0 Å². The van der Waals surface area contributed by atoms with Gasteiger partial charge in [-0.15, -0.1) is 0 Å². The molecule has 1 aliphatic rings. The van der Waals surface area contributed by atoms with Gasteiger partial charge < -0.3 is 10.3 Å². The number of hydrogen-bond acceptors (Lipinski definition) is 2. The Hall–Kier alpha value is -1.32. The molecule has 2 N–H and O–H groups in total. The number of hydrogen-bond donors (Lipinski definition) is 2. The van der Waals surface area contributed by atoms with Crippen molar-refractivity contribution >= 4 is 28.3 Å². The van der Waals surface area contributed by atoms with Crippen LogP contribution in [0.1, 0.15) is 29.6 Å². The van der Waals surface area contributed by atoms with Gasteiger partial charge in [-0.05, 0) is 31.5 Å². The van der Waals surface area contributed by atoms with Crippen LogP contribution < -0.4 is 5.32 Å². The molecule has 4 heteroatoms. The Balaban J connectivity index is 1.96. The summed E-state index contributed by atoms with van der Waals surface area (Å²) in [7, 11) is 0. The van der Waals surface area contributed by atoms with E-state index in [1.165, 1.54) is 0 Å². The SMILES string of the molecule is O=C(c1c[nH]c2cc(Cl)ccc12)C1CCCCN1. The summed E-state index contributed by atoms with van der Waals surface area (Å²) in [6.07, 6.45) is 5.00. The number of halogens is 1. The number of aromatic amines is 1. The summed E-state index contributed by atoms with van der Waals surface area (Å²) >= 11 is 5.94. The first kappa shape index (κ1) is 11.8. The molecule has 0 aliphatic carbocycles. The van der Waals surface area contributed by atoms with Gasteiger partial charge in [-0.1, -0.05) is 24.1 Å². The number of benzene rings is 1. The van der Waals surface area contributed by atoms with Gasteiger partial charge in [-0.2, -0.15) is 0 Å². The summed E-state index contributed by atoms with van der Waals surface area (Å²) < 4.78 is 0. The lowest BCUT2D eigenvalue weighted by molar-refractivity contribution is 0.0929. The summed E-state index contributed by atoms with van der Waals surface area (Å²) in [6, 6.07) is 5.54. The summed E-state index contributed by atoms with van der Waals surface area (Å²) in [5, 5.41) is 4.93.